The Hall–Kier alpha value is -3.13. The lowest BCUT2D eigenvalue weighted by Crippen LogP contribution is -1.99. The molecule has 3 aromatic carbocycles. The van der Waals surface area contributed by atoms with Crippen molar-refractivity contribution >= 4 is 18.1 Å². The summed E-state index contributed by atoms with van der Waals surface area (Å²) in [6.45, 7) is 0. The number of carboxylic acids is 1. The second-order valence-electron chi connectivity index (χ2n) is 5.60. The van der Waals surface area contributed by atoms with Gasteiger partial charge < -0.3 is 5.11 Å². The van der Waals surface area contributed by atoms with Gasteiger partial charge in [-0.3, -0.25) is 4.79 Å². The van der Waals surface area contributed by atoms with E-state index in [0.29, 0.717) is 0 Å². The van der Waals surface area contributed by atoms with Crippen LogP contribution in [0.5, 0.6) is 0 Å². The van der Waals surface area contributed by atoms with Gasteiger partial charge >= 0.3 is 5.97 Å². The maximum Gasteiger partial charge on any atom is 0.307 e. The molecule has 0 spiro atoms. The Morgan fingerprint density at radius 1 is 0.792 bits per heavy atom. The van der Waals surface area contributed by atoms with E-state index in [2.05, 4.69) is 30.3 Å². The van der Waals surface area contributed by atoms with Crippen molar-refractivity contribution in [3.63, 3.8) is 0 Å². The number of aliphatic carboxylic acids is 1. The minimum Gasteiger partial charge on any atom is -0.481 e. The van der Waals surface area contributed by atoms with E-state index in [1.54, 1.807) is 0 Å². The van der Waals surface area contributed by atoms with E-state index < -0.39 is 5.97 Å². The van der Waals surface area contributed by atoms with Crippen molar-refractivity contribution in [1.29, 1.82) is 0 Å². The molecule has 0 fully saturated rings. The van der Waals surface area contributed by atoms with Crippen molar-refractivity contribution in [2.45, 2.75) is 6.42 Å². The highest BCUT2D eigenvalue weighted by Crippen LogP contribution is 2.25. The molecule has 1 N–H and O–H groups in total. The van der Waals surface area contributed by atoms with Gasteiger partial charge in [-0.15, -0.1) is 0 Å². The van der Waals surface area contributed by atoms with E-state index >= 15 is 0 Å². The molecule has 0 unspecified atom stereocenters. The van der Waals surface area contributed by atoms with Crippen LogP contribution in [-0.4, -0.2) is 11.1 Å². The molecule has 2 heteroatoms. The Morgan fingerprint density at radius 2 is 1.46 bits per heavy atom. The van der Waals surface area contributed by atoms with Gasteiger partial charge in [-0.1, -0.05) is 91.0 Å². The third kappa shape index (κ3) is 3.99. The first-order chi connectivity index (χ1) is 11.7. The minimum absolute atomic E-state index is 0.0564. The van der Waals surface area contributed by atoms with Crippen molar-refractivity contribution in [3.05, 3.63) is 95.6 Å². The van der Waals surface area contributed by atoms with Crippen LogP contribution in [0, 0.1) is 0 Å². The van der Waals surface area contributed by atoms with Crippen molar-refractivity contribution in [2.24, 2.45) is 0 Å². The van der Waals surface area contributed by atoms with Gasteiger partial charge in [0.25, 0.3) is 0 Å². The lowest BCUT2D eigenvalue weighted by molar-refractivity contribution is -0.136. The van der Waals surface area contributed by atoms with Crippen LogP contribution in [0.25, 0.3) is 23.3 Å². The first-order valence-corrected chi connectivity index (χ1v) is 7.85. The summed E-state index contributed by atoms with van der Waals surface area (Å²) >= 11 is 0. The average molecular weight is 314 g/mol. The van der Waals surface area contributed by atoms with Gasteiger partial charge in [-0.25, -0.2) is 0 Å². The number of hydrogen-bond donors (Lipinski definition) is 1. The fourth-order valence-corrected chi connectivity index (χ4v) is 2.63. The molecule has 118 valence electrons. The van der Waals surface area contributed by atoms with Crippen LogP contribution in [-0.2, 0) is 11.2 Å². The van der Waals surface area contributed by atoms with Crippen molar-refractivity contribution in [1.82, 2.24) is 0 Å². The first kappa shape index (κ1) is 15.8. The molecular weight excluding hydrogens is 296 g/mol. The van der Waals surface area contributed by atoms with Gasteiger partial charge in [-0.2, -0.15) is 0 Å². The normalized spacial score (nSPS) is 10.8. The standard InChI is InChI=1S/C22H18O2/c23-22(24)16-18-12-10-17(11-13-18)14-15-20-8-4-5-9-21(20)19-6-2-1-3-7-19/h1-15H,16H2,(H,23,24). The Kier molecular flexibility index (Phi) is 4.87. The van der Waals surface area contributed by atoms with Crippen LogP contribution in [0.1, 0.15) is 16.7 Å². The Morgan fingerprint density at radius 3 is 2.17 bits per heavy atom. The molecule has 0 aromatic heterocycles. The van der Waals surface area contributed by atoms with E-state index in [1.165, 1.54) is 11.1 Å². The second-order valence-corrected chi connectivity index (χ2v) is 5.60. The summed E-state index contributed by atoms with van der Waals surface area (Å²) in [5, 5.41) is 8.81. The number of carboxylic acid groups (broad SMARTS) is 1. The van der Waals surface area contributed by atoms with Crippen LogP contribution in [0.3, 0.4) is 0 Å². The largest absolute Gasteiger partial charge is 0.481 e. The Balaban J connectivity index is 1.84. The van der Waals surface area contributed by atoms with Crippen LogP contribution >= 0.6 is 0 Å². The predicted octanol–water partition coefficient (Wildman–Crippen LogP) is 5.15. The molecule has 0 aliphatic heterocycles. The number of rotatable bonds is 5. The van der Waals surface area contributed by atoms with E-state index in [9.17, 15) is 4.79 Å². The lowest BCUT2D eigenvalue weighted by atomic mass is 9.99. The average Bonchev–Trinajstić information content (AvgIpc) is 2.62. The molecule has 0 aliphatic rings. The zero-order chi connectivity index (χ0) is 16.8. The fourth-order valence-electron chi connectivity index (χ4n) is 2.63. The monoisotopic (exact) mass is 314 g/mol. The second kappa shape index (κ2) is 7.42. The first-order valence-electron chi connectivity index (χ1n) is 7.85. The molecule has 2 nitrogen and oxygen atoms in total. The highest BCUT2D eigenvalue weighted by Gasteiger charge is 2.02. The topological polar surface area (TPSA) is 37.3 Å². The van der Waals surface area contributed by atoms with E-state index in [-0.39, 0.29) is 6.42 Å². The zero-order valence-electron chi connectivity index (χ0n) is 13.2. The molecule has 0 amide bonds. The van der Waals surface area contributed by atoms with Crippen LogP contribution in [0.2, 0.25) is 0 Å². The predicted molar refractivity (Wildman–Crippen MR) is 98.6 cm³/mol. The summed E-state index contributed by atoms with van der Waals surface area (Å²) in [4.78, 5) is 10.7. The number of benzene rings is 3. The minimum atomic E-state index is -0.810. The van der Waals surface area contributed by atoms with Crippen molar-refractivity contribution < 1.29 is 9.90 Å². The van der Waals surface area contributed by atoms with Crippen LogP contribution in [0.4, 0.5) is 0 Å². The molecule has 0 atom stereocenters. The molecule has 3 rings (SSSR count). The zero-order valence-corrected chi connectivity index (χ0v) is 13.2. The molecule has 0 radical (unpaired) electrons. The van der Waals surface area contributed by atoms with Gasteiger partial charge in [0.2, 0.25) is 0 Å². The molecular formula is C22H18O2. The quantitative estimate of drug-likeness (QED) is 0.661. The van der Waals surface area contributed by atoms with Gasteiger partial charge in [0, 0.05) is 0 Å². The van der Waals surface area contributed by atoms with Crippen molar-refractivity contribution in [3.8, 4) is 11.1 Å². The van der Waals surface area contributed by atoms with Crippen LogP contribution < -0.4 is 0 Å². The van der Waals surface area contributed by atoms with Gasteiger partial charge in [0.1, 0.15) is 0 Å². The summed E-state index contributed by atoms with van der Waals surface area (Å²) in [6.07, 6.45) is 4.20. The molecule has 0 heterocycles. The van der Waals surface area contributed by atoms with Crippen molar-refractivity contribution in [2.75, 3.05) is 0 Å². The number of hydrogen-bond acceptors (Lipinski definition) is 1. The summed E-state index contributed by atoms with van der Waals surface area (Å²) in [5.41, 5.74) is 5.39. The summed E-state index contributed by atoms with van der Waals surface area (Å²) < 4.78 is 0. The molecule has 3 aromatic rings. The molecule has 24 heavy (non-hydrogen) atoms. The highest BCUT2D eigenvalue weighted by atomic mass is 16.4. The molecule has 0 bridgehead atoms. The van der Waals surface area contributed by atoms with Gasteiger partial charge in [0.05, 0.1) is 6.42 Å². The summed E-state index contributed by atoms with van der Waals surface area (Å²) in [5.74, 6) is -0.810. The summed E-state index contributed by atoms with van der Waals surface area (Å²) in [6, 6.07) is 26.2. The van der Waals surface area contributed by atoms with E-state index in [1.807, 2.05) is 60.7 Å². The Bertz CT molecular complexity index is 847. The van der Waals surface area contributed by atoms with Gasteiger partial charge in [-0.05, 0) is 27.8 Å². The van der Waals surface area contributed by atoms with Crippen LogP contribution in [0.15, 0.2) is 78.9 Å². The third-order valence-electron chi connectivity index (χ3n) is 3.84. The highest BCUT2D eigenvalue weighted by molar-refractivity contribution is 5.81. The van der Waals surface area contributed by atoms with E-state index in [0.717, 1.165) is 16.7 Å². The maximum atomic E-state index is 10.7. The molecule has 0 aliphatic carbocycles. The lowest BCUT2D eigenvalue weighted by Gasteiger charge is -2.06. The maximum absolute atomic E-state index is 10.7. The smallest absolute Gasteiger partial charge is 0.307 e. The Labute approximate surface area is 141 Å². The number of carbonyl (C=O) groups is 1. The third-order valence-corrected chi connectivity index (χ3v) is 3.84. The molecule has 0 saturated heterocycles. The molecule has 0 saturated carbocycles. The SMILES string of the molecule is O=C(O)Cc1ccc(C=Cc2ccccc2-c2ccccc2)cc1. The van der Waals surface area contributed by atoms with Gasteiger partial charge in [0.15, 0.2) is 0 Å². The summed E-state index contributed by atoms with van der Waals surface area (Å²) in [7, 11) is 0. The van der Waals surface area contributed by atoms with E-state index in [4.69, 9.17) is 5.11 Å². The fraction of sp³-hybridized carbons (Fsp3) is 0.0455.